The van der Waals surface area contributed by atoms with Gasteiger partial charge in [0.2, 0.25) is 0 Å². The Morgan fingerprint density at radius 3 is 2.25 bits per heavy atom. The molecule has 0 radical (unpaired) electrons. The lowest BCUT2D eigenvalue weighted by Gasteiger charge is -2.31. The van der Waals surface area contributed by atoms with Crippen molar-refractivity contribution in [2.24, 2.45) is 17.6 Å². The van der Waals surface area contributed by atoms with Gasteiger partial charge in [-0.25, -0.2) is 0 Å². The Bertz CT molecular complexity index is 224. The molecule has 0 aromatic rings. The molecule has 2 heterocycles. The van der Waals surface area contributed by atoms with Crippen LogP contribution in [0, 0.1) is 11.8 Å². The summed E-state index contributed by atoms with van der Waals surface area (Å²) in [6.07, 6.45) is 3.18. The monoisotopic (exact) mass is 226 g/mol. The number of nitrogens with two attached hydrogens (primary N) is 1. The van der Waals surface area contributed by atoms with Gasteiger partial charge in [0.05, 0.1) is 12.2 Å². The summed E-state index contributed by atoms with van der Waals surface area (Å²) in [6.45, 7) is 9.97. The number of likely N-dealkylation sites (tertiary alicyclic amines) is 1. The predicted octanol–water partition coefficient (Wildman–Crippen LogP) is 1.47. The van der Waals surface area contributed by atoms with Gasteiger partial charge in [-0.3, -0.25) is 4.90 Å². The average molecular weight is 226 g/mol. The van der Waals surface area contributed by atoms with Gasteiger partial charge in [-0.1, -0.05) is 13.8 Å². The number of ether oxygens (including phenoxy) is 1. The van der Waals surface area contributed by atoms with Crippen molar-refractivity contribution in [3.63, 3.8) is 0 Å². The van der Waals surface area contributed by atoms with Crippen LogP contribution in [0.3, 0.4) is 0 Å². The molecule has 0 aromatic carbocycles. The van der Waals surface area contributed by atoms with Crippen molar-refractivity contribution < 1.29 is 4.74 Å². The molecule has 0 aromatic heterocycles. The molecule has 0 aliphatic carbocycles. The highest BCUT2D eigenvalue weighted by Crippen LogP contribution is 2.29. The topological polar surface area (TPSA) is 38.5 Å². The van der Waals surface area contributed by atoms with E-state index in [1.165, 1.54) is 25.9 Å². The fraction of sp³-hybridized carbons (Fsp3) is 1.00. The summed E-state index contributed by atoms with van der Waals surface area (Å²) < 4.78 is 5.98. The molecule has 2 aliphatic rings. The maximum absolute atomic E-state index is 5.98. The van der Waals surface area contributed by atoms with Gasteiger partial charge >= 0.3 is 0 Å². The zero-order valence-corrected chi connectivity index (χ0v) is 10.9. The third-order valence-corrected chi connectivity index (χ3v) is 4.42. The van der Waals surface area contributed by atoms with Crippen molar-refractivity contribution in [1.29, 1.82) is 0 Å². The maximum Gasteiger partial charge on any atom is 0.0747 e. The van der Waals surface area contributed by atoms with Crippen LogP contribution in [0.4, 0.5) is 0 Å². The van der Waals surface area contributed by atoms with Gasteiger partial charge in [0.1, 0.15) is 0 Å². The van der Waals surface area contributed by atoms with Crippen LogP contribution in [0.2, 0.25) is 0 Å². The van der Waals surface area contributed by atoms with Crippen LogP contribution in [-0.2, 0) is 4.74 Å². The smallest absolute Gasteiger partial charge is 0.0747 e. The van der Waals surface area contributed by atoms with Crippen molar-refractivity contribution in [2.75, 3.05) is 19.6 Å². The Morgan fingerprint density at radius 1 is 1.19 bits per heavy atom. The fourth-order valence-electron chi connectivity index (χ4n) is 3.10. The van der Waals surface area contributed by atoms with Crippen molar-refractivity contribution in [2.45, 2.75) is 51.9 Å². The second-order valence-electron chi connectivity index (χ2n) is 5.77. The molecule has 0 spiro atoms. The standard InChI is InChI=1S/C13H26N2O/c1-9-7-15(8-10(9)2)12(6-14)13-5-4-11(3)16-13/h9-13H,4-8,14H2,1-3H3. The van der Waals surface area contributed by atoms with Crippen LogP contribution in [0.5, 0.6) is 0 Å². The number of nitrogens with zero attached hydrogens (tertiary/aromatic N) is 1. The van der Waals surface area contributed by atoms with E-state index < -0.39 is 0 Å². The molecule has 3 heteroatoms. The highest BCUT2D eigenvalue weighted by Gasteiger charge is 2.37. The second kappa shape index (κ2) is 5.03. The summed E-state index contributed by atoms with van der Waals surface area (Å²) in [5, 5.41) is 0. The van der Waals surface area contributed by atoms with Gasteiger partial charge in [-0.2, -0.15) is 0 Å². The SMILES string of the molecule is CC1CCC(C(CN)N2CC(C)C(C)C2)O1. The molecule has 3 nitrogen and oxygen atoms in total. The van der Waals surface area contributed by atoms with Gasteiger partial charge in [0, 0.05) is 25.7 Å². The van der Waals surface area contributed by atoms with Gasteiger partial charge in [-0.15, -0.1) is 0 Å². The summed E-state index contributed by atoms with van der Waals surface area (Å²) >= 11 is 0. The molecule has 5 unspecified atom stereocenters. The zero-order chi connectivity index (χ0) is 11.7. The van der Waals surface area contributed by atoms with Gasteiger partial charge in [0.15, 0.2) is 0 Å². The molecule has 2 aliphatic heterocycles. The fourth-order valence-corrected chi connectivity index (χ4v) is 3.10. The number of hydrogen-bond donors (Lipinski definition) is 1. The third-order valence-electron chi connectivity index (χ3n) is 4.42. The minimum Gasteiger partial charge on any atom is -0.374 e. The van der Waals surface area contributed by atoms with Crippen molar-refractivity contribution >= 4 is 0 Å². The van der Waals surface area contributed by atoms with E-state index in [9.17, 15) is 0 Å². The highest BCUT2D eigenvalue weighted by atomic mass is 16.5. The van der Waals surface area contributed by atoms with Crippen LogP contribution in [0.25, 0.3) is 0 Å². The Kier molecular flexibility index (Phi) is 3.88. The van der Waals surface area contributed by atoms with Crippen LogP contribution in [0.15, 0.2) is 0 Å². The molecule has 16 heavy (non-hydrogen) atoms. The van der Waals surface area contributed by atoms with Gasteiger partial charge < -0.3 is 10.5 Å². The molecule has 2 rings (SSSR count). The molecule has 2 saturated heterocycles. The first-order valence-electron chi connectivity index (χ1n) is 6.71. The van der Waals surface area contributed by atoms with E-state index in [0.29, 0.717) is 18.2 Å². The molecular formula is C13H26N2O. The number of hydrogen-bond acceptors (Lipinski definition) is 3. The normalized spacial score (nSPS) is 42.8. The first kappa shape index (κ1) is 12.3. The molecule has 2 N–H and O–H groups in total. The lowest BCUT2D eigenvalue weighted by molar-refractivity contribution is 0.000839. The van der Waals surface area contributed by atoms with Gasteiger partial charge in [-0.05, 0) is 31.6 Å². The Hall–Kier alpha value is -0.120. The maximum atomic E-state index is 5.98. The average Bonchev–Trinajstić information content (AvgIpc) is 2.77. The largest absolute Gasteiger partial charge is 0.374 e. The van der Waals surface area contributed by atoms with Gasteiger partial charge in [0.25, 0.3) is 0 Å². The van der Waals surface area contributed by atoms with Crippen LogP contribution in [0.1, 0.15) is 33.6 Å². The molecule has 0 saturated carbocycles. The van der Waals surface area contributed by atoms with Crippen molar-refractivity contribution in [3.05, 3.63) is 0 Å². The summed E-state index contributed by atoms with van der Waals surface area (Å²) in [5.74, 6) is 1.60. The van der Waals surface area contributed by atoms with E-state index in [-0.39, 0.29) is 0 Å². The minimum absolute atomic E-state index is 0.373. The quantitative estimate of drug-likeness (QED) is 0.792. The third kappa shape index (κ3) is 2.41. The van der Waals surface area contributed by atoms with E-state index in [1.54, 1.807) is 0 Å². The van der Waals surface area contributed by atoms with E-state index in [0.717, 1.165) is 18.4 Å². The molecule has 0 amide bonds. The zero-order valence-electron chi connectivity index (χ0n) is 10.9. The van der Waals surface area contributed by atoms with Crippen molar-refractivity contribution in [1.82, 2.24) is 4.90 Å². The summed E-state index contributed by atoms with van der Waals surface area (Å²) in [4.78, 5) is 2.55. The number of rotatable bonds is 3. The first-order chi connectivity index (χ1) is 7.61. The molecule has 2 fully saturated rings. The Labute approximate surface area is 99.3 Å². The Balaban J connectivity index is 1.95. The summed E-state index contributed by atoms with van der Waals surface area (Å²) in [6, 6.07) is 0.442. The van der Waals surface area contributed by atoms with E-state index in [1.807, 2.05) is 0 Å². The van der Waals surface area contributed by atoms with E-state index in [4.69, 9.17) is 10.5 Å². The second-order valence-corrected chi connectivity index (χ2v) is 5.77. The molecule has 5 atom stereocenters. The summed E-state index contributed by atoms with van der Waals surface area (Å²) in [5.41, 5.74) is 5.95. The first-order valence-corrected chi connectivity index (χ1v) is 6.71. The van der Waals surface area contributed by atoms with Crippen LogP contribution < -0.4 is 5.73 Å². The Morgan fingerprint density at radius 2 is 1.81 bits per heavy atom. The van der Waals surface area contributed by atoms with Crippen LogP contribution in [-0.4, -0.2) is 42.8 Å². The molecule has 94 valence electrons. The highest BCUT2D eigenvalue weighted by molar-refractivity contribution is 4.90. The minimum atomic E-state index is 0.373. The van der Waals surface area contributed by atoms with Crippen molar-refractivity contribution in [3.8, 4) is 0 Å². The molecular weight excluding hydrogens is 200 g/mol. The predicted molar refractivity (Wildman–Crippen MR) is 66.3 cm³/mol. The van der Waals surface area contributed by atoms with Crippen LogP contribution >= 0.6 is 0 Å². The lowest BCUT2D eigenvalue weighted by Crippen LogP contribution is -2.47. The van der Waals surface area contributed by atoms with E-state index >= 15 is 0 Å². The van der Waals surface area contributed by atoms with E-state index in [2.05, 4.69) is 25.7 Å². The summed E-state index contributed by atoms with van der Waals surface area (Å²) in [7, 11) is 0. The lowest BCUT2D eigenvalue weighted by atomic mass is 10.0. The molecule has 0 bridgehead atoms.